The molecule has 0 spiro atoms. The molecule has 7 heteroatoms. The number of methoxy groups -OCH3 is 1. The van der Waals surface area contributed by atoms with Gasteiger partial charge < -0.3 is 19.5 Å². The Balaban J connectivity index is 1.43. The number of nitrogens with zero attached hydrogens (tertiary/aromatic N) is 1. The van der Waals surface area contributed by atoms with E-state index in [-0.39, 0.29) is 24.1 Å². The Morgan fingerprint density at radius 3 is 2.80 bits per heavy atom. The van der Waals surface area contributed by atoms with Crippen molar-refractivity contribution >= 4 is 23.6 Å². The minimum absolute atomic E-state index is 0.199. The second-order valence-electron chi connectivity index (χ2n) is 6.43. The zero-order valence-corrected chi connectivity index (χ0v) is 16.1. The lowest BCUT2D eigenvalue weighted by Gasteiger charge is -2.07. The summed E-state index contributed by atoms with van der Waals surface area (Å²) in [4.78, 5) is 28.6. The molecule has 1 amide bonds. The van der Waals surface area contributed by atoms with E-state index in [2.05, 4.69) is 10.3 Å². The van der Waals surface area contributed by atoms with Crippen molar-refractivity contribution < 1.29 is 23.8 Å². The average Bonchev–Trinajstić information content (AvgIpc) is 3.07. The standard InChI is InChI=1S/C23H18N2O5/c1-28-16-6-4-5-15(11-16)12-20-23(27)18-9-8-17(13-19(18)30-20)29-14-22(26)25-21-7-2-3-10-24-21/h2-13H,14H2,1H3,(H,24,25,26). The molecule has 0 unspecified atom stereocenters. The number of allylic oxidation sites excluding steroid dienone is 1. The van der Waals surface area contributed by atoms with E-state index in [1.807, 2.05) is 18.2 Å². The molecule has 30 heavy (non-hydrogen) atoms. The summed E-state index contributed by atoms with van der Waals surface area (Å²) in [5, 5.41) is 2.64. The first-order chi connectivity index (χ1) is 14.6. The highest BCUT2D eigenvalue weighted by Crippen LogP contribution is 2.35. The molecule has 0 saturated heterocycles. The summed E-state index contributed by atoms with van der Waals surface area (Å²) in [5.41, 5.74) is 1.22. The fraction of sp³-hybridized carbons (Fsp3) is 0.0870. The molecule has 1 aliphatic heterocycles. The average molecular weight is 402 g/mol. The van der Waals surface area contributed by atoms with Crippen LogP contribution in [-0.2, 0) is 4.79 Å². The molecule has 0 radical (unpaired) electrons. The second-order valence-corrected chi connectivity index (χ2v) is 6.43. The van der Waals surface area contributed by atoms with Crippen LogP contribution < -0.4 is 19.5 Å². The van der Waals surface area contributed by atoms with Crippen LogP contribution in [0.25, 0.3) is 6.08 Å². The Morgan fingerprint density at radius 1 is 1.10 bits per heavy atom. The van der Waals surface area contributed by atoms with Crippen LogP contribution in [0.5, 0.6) is 17.2 Å². The van der Waals surface area contributed by atoms with Gasteiger partial charge >= 0.3 is 0 Å². The van der Waals surface area contributed by atoms with Gasteiger partial charge in [-0.1, -0.05) is 18.2 Å². The summed E-state index contributed by atoms with van der Waals surface area (Å²) in [6, 6.07) is 17.4. The number of rotatable bonds is 6. The van der Waals surface area contributed by atoms with Crippen molar-refractivity contribution in [2.45, 2.75) is 0 Å². The van der Waals surface area contributed by atoms with Gasteiger partial charge in [0.2, 0.25) is 5.78 Å². The number of amides is 1. The highest BCUT2D eigenvalue weighted by Gasteiger charge is 2.27. The number of anilines is 1. The molecule has 0 fully saturated rings. The molecule has 2 heterocycles. The molecule has 4 rings (SSSR count). The third-order valence-electron chi connectivity index (χ3n) is 4.34. The predicted molar refractivity (Wildman–Crippen MR) is 111 cm³/mol. The lowest BCUT2D eigenvalue weighted by atomic mass is 10.1. The molecular weight excluding hydrogens is 384 g/mol. The molecule has 1 N–H and O–H groups in total. The number of pyridine rings is 1. The van der Waals surface area contributed by atoms with Crippen LogP contribution in [0, 0.1) is 0 Å². The first-order valence-electron chi connectivity index (χ1n) is 9.18. The van der Waals surface area contributed by atoms with Gasteiger partial charge in [0, 0.05) is 12.3 Å². The smallest absolute Gasteiger partial charge is 0.263 e. The predicted octanol–water partition coefficient (Wildman–Crippen LogP) is 3.72. The fourth-order valence-corrected chi connectivity index (χ4v) is 2.90. The number of hydrogen-bond donors (Lipinski definition) is 1. The zero-order valence-electron chi connectivity index (χ0n) is 16.1. The van der Waals surface area contributed by atoms with E-state index in [1.54, 1.807) is 61.8 Å². The van der Waals surface area contributed by atoms with Gasteiger partial charge in [0.25, 0.3) is 5.91 Å². The van der Waals surface area contributed by atoms with Crippen molar-refractivity contribution in [3.8, 4) is 17.2 Å². The normalized spacial score (nSPS) is 13.5. The fourth-order valence-electron chi connectivity index (χ4n) is 2.90. The number of hydrogen-bond acceptors (Lipinski definition) is 6. The van der Waals surface area contributed by atoms with Crippen molar-refractivity contribution in [3.63, 3.8) is 0 Å². The van der Waals surface area contributed by atoms with Crippen LogP contribution in [0.15, 0.2) is 72.6 Å². The Hall–Kier alpha value is -4.13. The van der Waals surface area contributed by atoms with Crippen LogP contribution in [0.2, 0.25) is 0 Å². The van der Waals surface area contributed by atoms with Gasteiger partial charge in [-0.15, -0.1) is 0 Å². The van der Waals surface area contributed by atoms with Gasteiger partial charge in [-0.05, 0) is 48.0 Å². The highest BCUT2D eigenvalue weighted by atomic mass is 16.5. The topological polar surface area (TPSA) is 86.8 Å². The molecule has 1 aliphatic rings. The lowest BCUT2D eigenvalue weighted by Crippen LogP contribution is -2.20. The molecule has 1 aromatic heterocycles. The first-order valence-corrected chi connectivity index (χ1v) is 9.18. The van der Waals surface area contributed by atoms with Crippen LogP contribution in [0.3, 0.4) is 0 Å². The van der Waals surface area contributed by atoms with Crippen LogP contribution in [0.1, 0.15) is 15.9 Å². The summed E-state index contributed by atoms with van der Waals surface area (Å²) in [6.45, 7) is -0.199. The van der Waals surface area contributed by atoms with E-state index in [0.29, 0.717) is 28.6 Å². The minimum atomic E-state index is -0.343. The third kappa shape index (κ3) is 4.30. The molecule has 150 valence electrons. The summed E-state index contributed by atoms with van der Waals surface area (Å²) in [5.74, 6) is 1.59. The van der Waals surface area contributed by atoms with E-state index in [1.165, 1.54) is 0 Å². The summed E-state index contributed by atoms with van der Waals surface area (Å²) in [6.07, 6.45) is 3.24. The molecule has 0 atom stereocenters. The van der Waals surface area contributed by atoms with Gasteiger partial charge in [0.15, 0.2) is 12.4 Å². The summed E-state index contributed by atoms with van der Waals surface area (Å²) < 4.78 is 16.4. The maximum Gasteiger partial charge on any atom is 0.263 e. The first kappa shape index (κ1) is 19.2. The maximum absolute atomic E-state index is 12.6. The number of carbonyl (C=O) groups is 2. The van der Waals surface area contributed by atoms with Gasteiger partial charge in [0.1, 0.15) is 23.1 Å². The molecule has 7 nitrogen and oxygen atoms in total. The van der Waals surface area contributed by atoms with Crippen molar-refractivity contribution in [1.82, 2.24) is 4.98 Å². The van der Waals surface area contributed by atoms with E-state index < -0.39 is 0 Å². The minimum Gasteiger partial charge on any atom is -0.497 e. The summed E-state index contributed by atoms with van der Waals surface area (Å²) >= 11 is 0. The van der Waals surface area contributed by atoms with Gasteiger partial charge in [0.05, 0.1) is 12.7 Å². The number of carbonyl (C=O) groups excluding carboxylic acids is 2. The highest BCUT2D eigenvalue weighted by molar-refractivity contribution is 6.14. The Morgan fingerprint density at radius 2 is 2.00 bits per heavy atom. The Bertz CT molecular complexity index is 1130. The van der Waals surface area contributed by atoms with Crippen LogP contribution >= 0.6 is 0 Å². The lowest BCUT2D eigenvalue weighted by molar-refractivity contribution is -0.118. The zero-order chi connectivity index (χ0) is 20.9. The quantitative estimate of drug-likeness (QED) is 0.633. The molecular formula is C23H18N2O5. The van der Waals surface area contributed by atoms with Crippen molar-refractivity contribution in [2.75, 3.05) is 19.0 Å². The largest absolute Gasteiger partial charge is 0.497 e. The second kappa shape index (κ2) is 8.48. The number of nitrogens with one attached hydrogen (secondary N) is 1. The SMILES string of the molecule is COc1cccc(C=C2Oc3cc(OCC(=O)Nc4ccccn4)ccc3C2=O)c1. The number of aromatic nitrogens is 1. The third-order valence-corrected chi connectivity index (χ3v) is 4.34. The van der Waals surface area contributed by atoms with Gasteiger partial charge in [-0.3, -0.25) is 9.59 Å². The number of fused-ring (bicyclic) bond motifs is 1. The Kier molecular flexibility index (Phi) is 5.43. The van der Waals surface area contributed by atoms with Gasteiger partial charge in [-0.25, -0.2) is 4.98 Å². The molecule has 0 aliphatic carbocycles. The van der Waals surface area contributed by atoms with Gasteiger partial charge in [-0.2, -0.15) is 0 Å². The van der Waals surface area contributed by atoms with E-state index >= 15 is 0 Å². The van der Waals surface area contributed by atoms with E-state index in [9.17, 15) is 9.59 Å². The van der Waals surface area contributed by atoms with Crippen molar-refractivity contribution in [1.29, 1.82) is 0 Å². The monoisotopic (exact) mass is 402 g/mol. The summed E-state index contributed by atoms with van der Waals surface area (Å²) in [7, 11) is 1.58. The number of benzene rings is 2. The van der Waals surface area contributed by atoms with Crippen molar-refractivity contribution in [2.24, 2.45) is 0 Å². The van der Waals surface area contributed by atoms with Crippen molar-refractivity contribution in [3.05, 3.63) is 83.7 Å². The number of Topliss-reactive ketones (excluding diaryl/α,β-unsaturated/α-hetero) is 1. The molecule has 0 bridgehead atoms. The number of ether oxygens (including phenoxy) is 3. The van der Waals surface area contributed by atoms with Crippen LogP contribution in [-0.4, -0.2) is 30.4 Å². The molecule has 0 saturated carbocycles. The maximum atomic E-state index is 12.6. The molecule has 3 aromatic rings. The number of ketones is 1. The van der Waals surface area contributed by atoms with Crippen LogP contribution in [0.4, 0.5) is 5.82 Å². The molecule has 2 aromatic carbocycles. The van der Waals surface area contributed by atoms with E-state index in [0.717, 1.165) is 5.56 Å². The van der Waals surface area contributed by atoms with E-state index in [4.69, 9.17) is 14.2 Å². The Labute approximate surface area is 172 Å².